The van der Waals surface area contributed by atoms with Gasteiger partial charge in [-0.05, 0) is 48.5 Å². The second-order valence-corrected chi connectivity index (χ2v) is 7.71. The van der Waals surface area contributed by atoms with Crippen LogP contribution in [0.1, 0.15) is 10.4 Å². The Morgan fingerprint density at radius 2 is 1.69 bits per heavy atom. The molecule has 0 aliphatic rings. The molecule has 6 nitrogen and oxygen atoms in total. The molecule has 4 aromatic rings. The predicted molar refractivity (Wildman–Crippen MR) is 121 cm³/mol. The van der Waals surface area contributed by atoms with Crippen molar-refractivity contribution in [3.8, 4) is 28.6 Å². The van der Waals surface area contributed by atoms with E-state index in [-0.39, 0.29) is 17.1 Å². The van der Waals surface area contributed by atoms with Gasteiger partial charge in [0.2, 0.25) is 0 Å². The van der Waals surface area contributed by atoms with Crippen LogP contribution < -0.4 is 9.47 Å². The van der Waals surface area contributed by atoms with Gasteiger partial charge in [-0.15, -0.1) is 10.2 Å². The average Bonchev–Trinajstić information content (AvgIpc) is 3.27. The standard InChI is InChI=1S/C24H20FN3O3S/c1-30-18-12-10-17(11-13-18)28-23(16-6-5-7-19(14-16)31-2)26-27-24(28)32-15-22(29)20-8-3-4-9-21(20)25/h3-14H,15H2,1-2H3. The van der Waals surface area contributed by atoms with Crippen LogP contribution in [-0.2, 0) is 0 Å². The van der Waals surface area contributed by atoms with Crippen LogP contribution in [0, 0.1) is 5.82 Å². The quantitative estimate of drug-likeness (QED) is 0.277. The van der Waals surface area contributed by atoms with Gasteiger partial charge in [0.1, 0.15) is 17.3 Å². The molecule has 0 saturated carbocycles. The van der Waals surface area contributed by atoms with Gasteiger partial charge in [0.05, 0.1) is 25.5 Å². The van der Waals surface area contributed by atoms with Crippen LogP contribution >= 0.6 is 11.8 Å². The Morgan fingerprint density at radius 1 is 0.938 bits per heavy atom. The minimum Gasteiger partial charge on any atom is -0.497 e. The first-order valence-electron chi connectivity index (χ1n) is 9.75. The molecule has 0 radical (unpaired) electrons. The average molecular weight is 450 g/mol. The van der Waals surface area contributed by atoms with Crippen molar-refractivity contribution in [2.75, 3.05) is 20.0 Å². The van der Waals surface area contributed by atoms with Crippen molar-refractivity contribution in [3.63, 3.8) is 0 Å². The molecular weight excluding hydrogens is 429 g/mol. The molecule has 0 unspecified atom stereocenters. The molecule has 0 spiro atoms. The molecule has 0 bridgehead atoms. The number of rotatable bonds is 8. The van der Waals surface area contributed by atoms with Crippen LogP contribution in [-0.4, -0.2) is 40.5 Å². The van der Waals surface area contributed by atoms with E-state index in [4.69, 9.17) is 9.47 Å². The smallest absolute Gasteiger partial charge is 0.196 e. The fourth-order valence-corrected chi connectivity index (χ4v) is 4.01. The molecule has 32 heavy (non-hydrogen) atoms. The Hall–Kier alpha value is -3.65. The van der Waals surface area contributed by atoms with Crippen molar-refractivity contribution in [3.05, 3.63) is 84.2 Å². The van der Waals surface area contributed by atoms with Gasteiger partial charge >= 0.3 is 0 Å². The summed E-state index contributed by atoms with van der Waals surface area (Å²) in [7, 11) is 3.20. The number of hydrogen-bond donors (Lipinski definition) is 0. The van der Waals surface area contributed by atoms with Gasteiger partial charge in [0, 0.05) is 11.3 Å². The van der Waals surface area contributed by atoms with Gasteiger partial charge in [-0.3, -0.25) is 9.36 Å². The summed E-state index contributed by atoms with van der Waals surface area (Å²) < 4.78 is 26.4. The lowest BCUT2D eigenvalue weighted by Gasteiger charge is -2.11. The third kappa shape index (κ3) is 4.50. The number of Topliss-reactive ketones (excluding diaryl/α,β-unsaturated/α-hetero) is 1. The minimum absolute atomic E-state index is 0.0212. The summed E-state index contributed by atoms with van der Waals surface area (Å²) in [4.78, 5) is 12.6. The van der Waals surface area contributed by atoms with Crippen molar-refractivity contribution < 1.29 is 18.7 Å². The monoisotopic (exact) mass is 449 g/mol. The summed E-state index contributed by atoms with van der Waals surface area (Å²) in [5.74, 6) is 1.17. The Bertz CT molecular complexity index is 1240. The molecule has 0 aliphatic heterocycles. The van der Waals surface area contributed by atoms with Crippen molar-refractivity contribution in [2.45, 2.75) is 5.16 Å². The third-order valence-corrected chi connectivity index (χ3v) is 5.73. The number of hydrogen-bond acceptors (Lipinski definition) is 6. The van der Waals surface area contributed by atoms with Gasteiger partial charge in [-0.2, -0.15) is 0 Å². The number of carbonyl (C=O) groups is 1. The van der Waals surface area contributed by atoms with Gasteiger partial charge in [-0.1, -0.05) is 36.0 Å². The maximum Gasteiger partial charge on any atom is 0.196 e. The number of thioether (sulfide) groups is 1. The highest BCUT2D eigenvalue weighted by atomic mass is 32.2. The normalized spacial score (nSPS) is 10.7. The van der Waals surface area contributed by atoms with E-state index in [1.165, 1.54) is 23.9 Å². The lowest BCUT2D eigenvalue weighted by Crippen LogP contribution is -2.07. The number of aromatic nitrogens is 3. The van der Waals surface area contributed by atoms with Gasteiger partial charge < -0.3 is 9.47 Å². The van der Waals surface area contributed by atoms with E-state index in [2.05, 4.69) is 10.2 Å². The molecule has 1 heterocycles. The summed E-state index contributed by atoms with van der Waals surface area (Å²) in [6, 6.07) is 20.9. The zero-order valence-electron chi connectivity index (χ0n) is 17.5. The number of benzene rings is 3. The van der Waals surface area contributed by atoms with Gasteiger partial charge in [-0.25, -0.2) is 4.39 Å². The summed E-state index contributed by atoms with van der Waals surface area (Å²) in [5.41, 5.74) is 1.66. The number of carbonyl (C=O) groups excluding carboxylic acids is 1. The van der Waals surface area contributed by atoms with Crippen molar-refractivity contribution >= 4 is 17.5 Å². The van der Waals surface area contributed by atoms with Crippen LogP contribution in [0.4, 0.5) is 4.39 Å². The highest BCUT2D eigenvalue weighted by molar-refractivity contribution is 7.99. The van der Waals surface area contributed by atoms with Crippen molar-refractivity contribution in [2.24, 2.45) is 0 Å². The topological polar surface area (TPSA) is 66.2 Å². The molecular formula is C24H20FN3O3S. The van der Waals surface area contributed by atoms with E-state index < -0.39 is 5.82 Å². The summed E-state index contributed by atoms with van der Waals surface area (Å²) in [5, 5.41) is 9.19. The highest BCUT2D eigenvalue weighted by Crippen LogP contribution is 2.30. The second-order valence-electron chi connectivity index (χ2n) is 6.76. The molecule has 0 saturated heterocycles. The molecule has 1 aromatic heterocycles. The molecule has 4 rings (SSSR count). The van der Waals surface area contributed by atoms with Gasteiger partial charge in [0.15, 0.2) is 16.8 Å². The molecule has 0 fully saturated rings. The maximum atomic E-state index is 14.0. The molecule has 0 N–H and O–H groups in total. The van der Waals surface area contributed by atoms with Crippen LogP contribution in [0.5, 0.6) is 11.5 Å². The lowest BCUT2D eigenvalue weighted by molar-refractivity contribution is 0.101. The molecule has 3 aromatic carbocycles. The van der Waals surface area contributed by atoms with Crippen LogP contribution in [0.3, 0.4) is 0 Å². The maximum absolute atomic E-state index is 14.0. The van der Waals surface area contributed by atoms with Crippen molar-refractivity contribution in [1.29, 1.82) is 0 Å². The van der Waals surface area contributed by atoms with Crippen LogP contribution in [0.15, 0.2) is 78.0 Å². The molecule has 0 amide bonds. The Labute approximate surface area is 189 Å². The summed E-state index contributed by atoms with van der Waals surface area (Å²) >= 11 is 1.20. The molecule has 0 aliphatic carbocycles. The number of halogens is 1. The van der Waals surface area contributed by atoms with E-state index in [9.17, 15) is 9.18 Å². The SMILES string of the molecule is COc1ccc(-n2c(SCC(=O)c3ccccc3F)nnc2-c2cccc(OC)c2)cc1. The fraction of sp³-hybridized carbons (Fsp3) is 0.125. The molecule has 162 valence electrons. The first-order chi connectivity index (χ1) is 15.6. The van der Waals surface area contributed by atoms with Crippen LogP contribution in [0.2, 0.25) is 0 Å². The Morgan fingerprint density at radius 3 is 2.41 bits per heavy atom. The number of ether oxygens (including phenoxy) is 2. The third-order valence-electron chi connectivity index (χ3n) is 4.80. The Balaban J connectivity index is 1.71. The molecule has 8 heteroatoms. The predicted octanol–water partition coefficient (Wildman–Crippen LogP) is 5.07. The zero-order chi connectivity index (χ0) is 22.5. The first-order valence-corrected chi connectivity index (χ1v) is 10.7. The fourth-order valence-electron chi connectivity index (χ4n) is 3.17. The minimum atomic E-state index is -0.535. The first kappa shape index (κ1) is 21.6. The number of nitrogens with zero attached hydrogens (tertiary/aromatic N) is 3. The summed E-state index contributed by atoms with van der Waals surface area (Å²) in [6.45, 7) is 0. The Kier molecular flexibility index (Phi) is 6.51. The van der Waals surface area contributed by atoms with Crippen molar-refractivity contribution in [1.82, 2.24) is 14.8 Å². The van der Waals surface area contributed by atoms with Gasteiger partial charge in [0.25, 0.3) is 0 Å². The lowest BCUT2D eigenvalue weighted by atomic mass is 10.1. The van der Waals surface area contributed by atoms with E-state index in [1.54, 1.807) is 26.4 Å². The number of ketones is 1. The van der Waals surface area contributed by atoms with E-state index >= 15 is 0 Å². The summed E-state index contributed by atoms with van der Waals surface area (Å²) in [6.07, 6.45) is 0. The largest absolute Gasteiger partial charge is 0.497 e. The van der Waals surface area contributed by atoms with E-state index in [0.29, 0.717) is 22.5 Å². The zero-order valence-corrected chi connectivity index (χ0v) is 18.3. The van der Waals surface area contributed by atoms with Crippen LogP contribution in [0.25, 0.3) is 17.1 Å². The second kappa shape index (κ2) is 9.65. The number of methoxy groups -OCH3 is 2. The van der Waals surface area contributed by atoms with E-state index in [1.807, 2.05) is 53.1 Å². The molecule has 0 atom stereocenters. The van der Waals surface area contributed by atoms with E-state index in [0.717, 1.165) is 11.3 Å². The highest BCUT2D eigenvalue weighted by Gasteiger charge is 2.19.